The number of hydrogen-bond donors (Lipinski definition) is 0. The van der Waals surface area contributed by atoms with Crippen molar-refractivity contribution in [3.63, 3.8) is 0 Å². The van der Waals surface area contributed by atoms with E-state index in [4.69, 9.17) is 14.2 Å². The van der Waals surface area contributed by atoms with Gasteiger partial charge < -0.3 is 14.2 Å². The second kappa shape index (κ2) is 5.37. The maximum Gasteiger partial charge on any atom is 0.174 e. The Morgan fingerprint density at radius 2 is 1.82 bits per heavy atom. The number of fused-ring (bicyclic) bond motifs is 1. The molecule has 22 heavy (non-hydrogen) atoms. The summed E-state index contributed by atoms with van der Waals surface area (Å²) in [7, 11) is 3.11. The number of carbonyl (C=O) groups is 1. The molecule has 0 amide bonds. The fourth-order valence-corrected chi connectivity index (χ4v) is 2.83. The fraction of sp³-hybridized carbons (Fsp3) is 0.278. The Morgan fingerprint density at radius 1 is 1.09 bits per heavy atom. The summed E-state index contributed by atoms with van der Waals surface area (Å²) < 4.78 is 16.8. The van der Waals surface area contributed by atoms with Gasteiger partial charge in [-0.25, -0.2) is 0 Å². The number of ether oxygens (including phenoxy) is 3. The summed E-state index contributed by atoms with van der Waals surface area (Å²) in [6.07, 6.45) is 0.271. The van der Waals surface area contributed by atoms with Crippen molar-refractivity contribution < 1.29 is 19.0 Å². The van der Waals surface area contributed by atoms with Gasteiger partial charge in [-0.3, -0.25) is 4.79 Å². The molecule has 4 nitrogen and oxygen atoms in total. The minimum atomic E-state index is -0.692. The van der Waals surface area contributed by atoms with E-state index in [2.05, 4.69) is 0 Å². The summed E-state index contributed by atoms with van der Waals surface area (Å²) in [4.78, 5) is 12.7. The SMILES string of the molecule is COc1cc(OC)c2c(c1)O[C@](C)(c1ccccc1)CC2=O. The molecule has 3 rings (SSSR count). The first kappa shape index (κ1) is 14.4. The van der Waals surface area contributed by atoms with E-state index in [1.165, 1.54) is 7.11 Å². The van der Waals surface area contributed by atoms with E-state index in [0.717, 1.165) is 5.56 Å². The van der Waals surface area contributed by atoms with Gasteiger partial charge in [0.2, 0.25) is 0 Å². The lowest BCUT2D eigenvalue weighted by atomic mass is 9.85. The number of hydrogen-bond acceptors (Lipinski definition) is 4. The van der Waals surface area contributed by atoms with E-state index in [9.17, 15) is 4.79 Å². The molecule has 2 aromatic rings. The van der Waals surface area contributed by atoms with Gasteiger partial charge in [0.15, 0.2) is 5.78 Å². The predicted molar refractivity (Wildman–Crippen MR) is 82.9 cm³/mol. The molecule has 0 spiro atoms. The Bertz CT molecular complexity index is 709. The predicted octanol–water partition coefficient (Wildman–Crippen LogP) is 3.58. The third-order valence-electron chi connectivity index (χ3n) is 3.99. The van der Waals surface area contributed by atoms with Gasteiger partial charge in [-0.15, -0.1) is 0 Å². The molecule has 4 heteroatoms. The highest BCUT2D eigenvalue weighted by Crippen LogP contribution is 2.44. The Morgan fingerprint density at radius 3 is 2.45 bits per heavy atom. The molecule has 0 saturated carbocycles. The van der Waals surface area contributed by atoms with Crippen LogP contribution < -0.4 is 14.2 Å². The minimum absolute atomic E-state index is 0.00658. The van der Waals surface area contributed by atoms with Crippen LogP contribution in [-0.2, 0) is 5.60 Å². The Labute approximate surface area is 129 Å². The molecule has 1 atom stereocenters. The maximum atomic E-state index is 12.7. The number of rotatable bonds is 3. The number of ketones is 1. The molecule has 1 aliphatic heterocycles. The standard InChI is InChI=1S/C18H18O4/c1-18(12-7-5-4-6-8-12)11-14(19)17-15(21-3)9-13(20-2)10-16(17)22-18/h4-10H,11H2,1-3H3/t18-/m0/s1. The highest BCUT2D eigenvalue weighted by Gasteiger charge is 2.39. The topological polar surface area (TPSA) is 44.8 Å². The summed E-state index contributed by atoms with van der Waals surface area (Å²) in [5.41, 5.74) is 0.760. The van der Waals surface area contributed by atoms with Gasteiger partial charge in [0.1, 0.15) is 28.4 Å². The molecule has 0 radical (unpaired) electrons. The first-order chi connectivity index (χ1) is 10.6. The van der Waals surface area contributed by atoms with Crippen LogP contribution >= 0.6 is 0 Å². The Kier molecular flexibility index (Phi) is 3.53. The van der Waals surface area contributed by atoms with Gasteiger partial charge in [-0.1, -0.05) is 30.3 Å². The lowest BCUT2D eigenvalue weighted by molar-refractivity contribution is 0.0496. The molecule has 0 saturated heterocycles. The molecule has 1 heterocycles. The number of methoxy groups -OCH3 is 2. The van der Waals surface area contributed by atoms with Crippen LogP contribution in [-0.4, -0.2) is 20.0 Å². The zero-order valence-electron chi connectivity index (χ0n) is 12.9. The third-order valence-corrected chi connectivity index (χ3v) is 3.99. The van der Waals surface area contributed by atoms with E-state index >= 15 is 0 Å². The van der Waals surface area contributed by atoms with Gasteiger partial charge in [0.25, 0.3) is 0 Å². The molecular weight excluding hydrogens is 280 g/mol. The quantitative estimate of drug-likeness (QED) is 0.868. The van der Waals surface area contributed by atoms with Crippen LogP contribution in [0.2, 0.25) is 0 Å². The summed E-state index contributed by atoms with van der Waals surface area (Å²) in [6.45, 7) is 1.93. The highest BCUT2D eigenvalue weighted by molar-refractivity contribution is 6.03. The van der Waals surface area contributed by atoms with Crippen molar-refractivity contribution >= 4 is 5.78 Å². The van der Waals surface area contributed by atoms with Crippen LogP contribution in [0.25, 0.3) is 0 Å². The summed E-state index contributed by atoms with van der Waals surface area (Å²) in [5.74, 6) is 1.58. The average molecular weight is 298 g/mol. The van der Waals surface area contributed by atoms with E-state index in [1.807, 2.05) is 37.3 Å². The van der Waals surface area contributed by atoms with Gasteiger partial charge in [-0.05, 0) is 12.5 Å². The zero-order chi connectivity index (χ0) is 15.7. The molecule has 0 unspecified atom stereocenters. The van der Waals surface area contributed by atoms with Crippen LogP contribution in [0.5, 0.6) is 17.2 Å². The third kappa shape index (κ3) is 2.30. The molecule has 0 N–H and O–H groups in total. The van der Waals surface area contributed by atoms with Gasteiger partial charge in [0, 0.05) is 12.1 Å². The van der Waals surface area contributed by atoms with Crippen molar-refractivity contribution in [1.29, 1.82) is 0 Å². The largest absolute Gasteiger partial charge is 0.496 e. The number of Topliss-reactive ketones (excluding diaryl/α,β-unsaturated/α-hetero) is 1. The van der Waals surface area contributed by atoms with Crippen molar-refractivity contribution in [3.05, 3.63) is 53.6 Å². The number of benzene rings is 2. The van der Waals surface area contributed by atoms with Crippen molar-refractivity contribution in [2.45, 2.75) is 18.9 Å². The van der Waals surface area contributed by atoms with E-state index in [1.54, 1.807) is 19.2 Å². The van der Waals surface area contributed by atoms with E-state index < -0.39 is 5.60 Å². The first-order valence-electron chi connectivity index (χ1n) is 7.11. The summed E-state index contributed by atoms with van der Waals surface area (Å²) in [6, 6.07) is 13.2. The second-order valence-electron chi connectivity index (χ2n) is 5.50. The molecule has 1 aliphatic rings. The molecule has 2 aromatic carbocycles. The summed E-state index contributed by atoms with van der Waals surface area (Å²) in [5, 5.41) is 0. The van der Waals surface area contributed by atoms with Crippen LogP contribution in [0.1, 0.15) is 29.3 Å². The van der Waals surface area contributed by atoms with Gasteiger partial charge in [-0.2, -0.15) is 0 Å². The average Bonchev–Trinajstić information content (AvgIpc) is 2.54. The number of carbonyl (C=O) groups excluding carboxylic acids is 1. The van der Waals surface area contributed by atoms with Crippen LogP contribution in [0.3, 0.4) is 0 Å². The van der Waals surface area contributed by atoms with Crippen molar-refractivity contribution in [3.8, 4) is 17.2 Å². The minimum Gasteiger partial charge on any atom is -0.496 e. The van der Waals surface area contributed by atoms with E-state index in [-0.39, 0.29) is 12.2 Å². The normalized spacial score (nSPS) is 20.0. The maximum absolute atomic E-state index is 12.7. The molecule has 0 aliphatic carbocycles. The monoisotopic (exact) mass is 298 g/mol. The fourth-order valence-electron chi connectivity index (χ4n) is 2.83. The van der Waals surface area contributed by atoms with Crippen molar-refractivity contribution in [1.82, 2.24) is 0 Å². The molecule has 0 fully saturated rings. The first-order valence-corrected chi connectivity index (χ1v) is 7.11. The molecule has 0 aromatic heterocycles. The van der Waals surface area contributed by atoms with E-state index in [0.29, 0.717) is 22.8 Å². The van der Waals surface area contributed by atoms with Crippen molar-refractivity contribution in [2.24, 2.45) is 0 Å². The highest BCUT2D eigenvalue weighted by atomic mass is 16.5. The molecular formula is C18H18O4. The lowest BCUT2D eigenvalue weighted by Crippen LogP contribution is -2.36. The Balaban J connectivity index is 2.11. The van der Waals surface area contributed by atoms with Crippen LogP contribution in [0, 0.1) is 0 Å². The van der Waals surface area contributed by atoms with Gasteiger partial charge >= 0.3 is 0 Å². The second-order valence-corrected chi connectivity index (χ2v) is 5.50. The molecule has 114 valence electrons. The zero-order valence-corrected chi connectivity index (χ0v) is 12.9. The Hall–Kier alpha value is -2.49. The van der Waals surface area contributed by atoms with Gasteiger partial charge in [0.05, 0.1) is 20.6 Å². The molecule has 0 bridgehead atoms. The smallest absolute Gasteiger partial charge is 0.174 e. The summed E-state index contributed by atoms with van der Waals surface area (Å²) >= 11 is 0. The van der Waals surface area contributed by atoms with Crippen LogP contribution in [0.4, 0.5) is 0 Å². The lowest BCUT2D eigenvalue weighted by Gasteiger charge is -2.36. The van der Waals surface area contributed by atoms with Crippen molar-refractivity contribution in [2.75, 3.05) is 14.2 Å². The van der Waals surface area contributed by atoms with Crippen LogP contribution in [0.15, 0.2) is 42.5 Å².